The summed E-state index contributed by atoms with van der Waals surface area (Å²) in [6, 6.07) is 15.4. The minimum Gasteiger partial charge on any atom is -0.323 e. The first-order valence-corrected chi connectivity index (χ1v) is 7.45. The molecule has 2 rings (SSSR count). The molecule has 0 atom stereocenters. The fourth-order valence-corrected chi connectivity index (χ4v) is 2.52. The summed E-state index contributed by atoms with van der Waals surface area (Å²) in [5.41, 5.74) is 1.77. The van der Waals surface area contributed by atoms with E-state index in [0.717, 1.165) is 5.56 Å². The van der Waals surface area contributed by atoms with Crippen molar-refractivity contribution in [2.24, 2.45) is 0 Å². The van der Waals surface area contributed by atoms with Crippen molar-refractivity contribution in [3.05, 3.63) is 65.5 Å². The van der Waals surface area contributed by atoms with Crippen LogP contribution < -0.4 is 5.32 Å². The van der Waals surface area contributed by atoms with Crippen LogP contribution in [0.3, 0.4) is 0 Å². The van der Waals surface area contributed by atoms with Crippen LogP contribution in [0.1, 0.15) is 11.1 Å². The summed E-state index contributed by atoms with van der Waals surface area (Å²) in [4.78, 5) is 11.7. The molecule has 0 aliphatic carbocycles. The number of nitrogens with zero attached hydrogens (tertiary/aromatic N) is 1. The van der Waals surface area contributed by atoms with Gasteiger partial charge in [0, 0.05) is 5.75 Å². The second-order valence-electron chi connectivity index (χ2n) is 4.33. The number of anilines is 1. The maximum absolute atomic E-state index is 13.4. The number of rotatable bonds is 5. The van der Waals surface area contributed by atoms with Crippen molar-refractivity contribution in [1.29, 1.82) is 5.26 Å². The zero-order chi connectivity index (χ0) is 15.1. The van der Waals surface area contributed by atoms with Crippen molar-refractivity contribution >= 4 is 23.4 Å². The summed E-state index contributed by atoms with van der Waals surface area (Å²) in [7, 11) is 0. The van der Waals surface area contributed by atoms with Crippen LogP contribution in [0.25, 0.3) is 0 Å². The highest BCUT2D eigenvalue weighted by atomic mass is 32.2. The van der Waals surface area contributed by atoms with E-state index in [1.165, 1.54) is 23.9 Å². The first kappa shape index (κ1) is 15.1. The molecule has 0 aromatic heterocycles. The molecule has 0 saturated heterocycles. The Kier molecular flexibility index (Phi) is 5.35. The lowest BCUT2D eigenvalue weighted by molar-refractivity contribution is -0.113. The van der Waals surface area contributed by atoms with Gasteiger partial charge in [-0.2, -0.15) is 5.26 Å². The smallest absolute Gasteiger partial charge is 0.234 e. The lowest BCUT2D eigenvalue weighted by Gasteiger charge is -2.06. The molecule has 21 heavy (non-hydrogen) atoms. The molecule has 0 saturated carbocycles. The van der Waals surface area contributed by atoms with Crippen LogP contribution in [0.2, 0.25) is 0 Å². The van der Waals surface area contributed by atoms with Gasteiger partial charge in [0.2, 0.25) is 5.91 Å². The maximum Gasteiger partial charge on any atom is 0.234 e. The number of benzene rings is 2. The van der Waals surface area contributed by atoms with Gasteiger partial charge >= 0.3 is 0 Å². The third-order valence-electron chi connectivity index (χ3n) is 2.71. The minimum absolute atomic E-state index is 0.189. The van der Waals surface area contributed by atoms with Gasteiger partial charge in [0.1, 0.15) is 5.82 Å². The number of halogens is 1. The van der Waals surface area contributed by atoms with Crippen LogP contribution in [-0.2, 0) is 10.5 Å². The van der Waals surface area contributed by atoms with Crippen molar-refractivity contribution in [2.45, 2.75) is 5.75 Å². The fraction of sp³-hybridized carbons (Fsp3) is 0.125. The summed E-state index contributed by atoms with van der Waals surface area (Å²) in [6.07, 6.45) is 0. The molecule has 0 aliphatic heterocycles. The average molecular weight is 300 g/mol. The number of hydrogen-bond acceptors (Lipinski definition) is 3. The summed E-state index contributed by atoms with van der Waals surface area (Å²) in [6.45, 7) is 0. The number of amides is 1. The zero-order valence-corrected chi connectivity index (χ0v) is 12.0. The van der Waals surface area contributed by atoms with Gasteiger partial charge in [-0.25, -0.2) is 4.39 Å². The van der Waals surface area contributed by atoms with Gasteiger partial charge in [-0.05, 0) is 29.8 Å². The second-order valence-corrected chi connectivity index (χ2v) is 5.32. The Hall–Kier alpha value is -2.32. The van der Waals surface area contributed by atoms with Gasteiger partial charge in [0.05, 0.1) is 23.1 Å². The Labute approximate surface area is 126 Å². The third-order valence-corrected chi connectivity index (χ3v) is 3.71. The van der Waals surface area contributed by atoms with Crippen molar-refractivity contribution in [1.82, 2.24) is 0 Å². The lowest BCUT2D eigenvalue weighted by Crippen LogP contribution is -2.15. The van der Waals surface area contributed by atoms with E-state index in [0.29, 0.717) is 11.3 Å². The highest BCUT2D eigenvalue weighted by Gasteiger charge is 2.06. The Morgan fingerprint density at radius 2 is 2.05 bits per heavy atom. The highest BCUT2D eigenvalue weighted by Crippen LogP contribution is 2.16. The number of thioether (sulfide) groups is 1. The van der Waals surface area contributed by atoms with E-state index in [2.05, 4.69) is 11.4 Å². The number of hydrogen-bond donors (Lipinski definition) is 1. The molecule has 1 amide bonds. The number of nitrogens with one attached hydrogen (secondary N) is 1. The van der Waals surface area contributed by atoms with Gasteiger partial charge in [0.15, 0.2) is 0 Å². The Morgan fingerprint density at radius 1 is 1.24 bits per heavy atom. The molecule has 0 spiro atoms. The SMILES string of the molecule is N#Cc1cccc(CSCC(=O)Nc2ccccc2F)c1. The van der Waals surface area contributed by atoms with E-state index in [-0.39, 0.29) is 17.3 Å². The Bertz CT molecular complexity index is 682. The summed E-state index contributed by atoms with van der Waals surface area (Å²) in [5.74, 6) is 0.157. The summed E-state index contributed by atoms with van der Waals surface area (Å²) < 4.78 is 13.4. The van der Waals surface area contributed by atoms with Crippen molar-refractivity contribution in [3.63, 3.8) is 0 Å². The van der Waals surface area contributed by atoms with E-state index in [1.807, 2.05) is 12.1 Å². The third kappa shape index (κ3) is 4.62. The standard InChI is InChI=1S/C16H13FN2OS/c17-14-6-1-2-7-15(14)19-16(20)11-21-10-13-5-3-4-12(8-13)9-18/h1-8H,10-11H2,(H,19,20). The van der Waals surface area contributed by atoms with E-state index < -0.39 is 5.82 Å². The van der Waals surface area contributed by atoms with Crippen LogP contribution in [-0.4, -0.2) is 11.7 Å². The molecule has 3 nitrogen and oxygen atoms in total. The second kappa shape index (κ2) is 7.46. The molecule has 0 bridgehead atoms. The molecule has 2 aromatic rings. The summed E-state index contributed by atoms with van der Waals surface area (Å²) >= 11 is 1.41. The molecule has 2 aromatic carbocycles. The molecular weight excluding hydrogens is 287 g/mol. The minimum atomic E-state index is -0.447. The average Bonchev–Trinajstić information content (AvgIpc) is 2.50. The first-order chi connectivity index (χ1) is 10.2. The Balaban J connectivity index is 1.82. The van der Waals surface area contributed by atoms with E-state index in [9.17, 15) is 9.18 Å². The molecule has 0 unspecified atom stereocenters. The lowest BCUT2D eigenvalue weighted by atomic mass is 10.2. The molecule has 5 heteroatoms. The molecule has 1 N–H and O–H groups in total. The van der Waals surface area contributed by atoms with Crippen molar-refractivity contribution < 1.29 is 9.18 Å². The zero-order valence-electron chi connectivity index (χ0n) is 11.2. The predicted octanol–water partition coefficient (Wildman–Crippen LogP) is 3.57. The van der Waals surface area contributed by atoms with Crippen LogP contribution in [0.15, 0.2) is 48.5 Å². The number of para-hydroxylation sites is 1. The normalized spacial score (nSPS) is 9.90. The first-order valence-electron chi connectivity index (χ1n) is 6.30. The van der Waals surface area contributed by atoms with Gasteiger partial charge < -0.3 is 5.32 Å². The van der Waals surface area contributed by atoms with Crippen LogP contribution in [0.5, 0.6) is 0 Å². The maximum atomic E-state index is 13.4. The van der Waals surface area contributed by atoms with Gasteiger partial charge in [-0.1, -0.05) is 24.3 Å². The summed E-state index contributed by atoms with van der Waals surface area (Å²) in [5, 5.41) is 11.3. The topological polar surface area (TPSA) is 52.9 Å². The molecule has 0 radical (unpaired) electrons. The van der Waals surface area contributed by atoms with E-state index in [4.69, 9.17) is 5.26 Å². The monoisotopic (exact) mass is 300 g/mol. The van der Waals surface area contributed by atoms with Crippen LogP contribution in [0.4, 0.5) is 10.1 Å². The Morgan fingerprint density at radius 3 is 2.81 bits per heavy atom. The van der Waals surface area contributed by atoms with E-state index in [1.54, 1.807) is 24.3 Å². The van der Waals surface area contributed by atoms with Gasteiger partial charge in [-0.3, -0.25) is 4.79 Å². The van der Waals surface area contributed by atoms with Crippen LogP contribution in [0, 0.1) is 17.1 Å². The van der Waals surface area contributed by atoms with Gasteiger partial charge in [-0.15, -0.1) is 11.8 Å². The van der Waals surface area contributed by atoms with Crippen molar-refractivity contribution in [2.75, 3.05) is 11.1 Å². The molecular formula is C16H13FN2OS. The van der Waals surface area contributed by atoms with Crippen LogP contribution >= 0.6 is 11.8 Å². The quantitative estimate of drug-likeness (QED) is 0.918. The molecule has 0 aliphatic rings. The largest absolute Gasteiger partial charge is 0.323 e. The predicted molar refractivity (Wildman–Crippen MR) is 82.3 cm³/mol. The van der Waals surface area contributed by atoms with E-state index >= 15 is 0 Å². The number of carbonyl (C=O) groups is 1. The van der Waals surface area contributed by atoms with Crippen molar-refractivity contribution in [3.8, 4) is 6.07 Å². The molecule has 106 valence electrons. The van der Waals surface area contributed by atoms with Gasteiger partial charge in [0.25, 0.3) is 0 Å². The highest BCUT2D eigenvalue weighted by molar-refractivity contribution is 7.99. The number of nitriles is 1. The fourth-order valence-electron chi connectivity index (χ4n) is 1.74. The number of carbonyl (C=O) groups excluding carboxylic acids is 1. The molecule has 0 heterocycles. The molecule has 0 fully saturated rings.